The van der Waals surface area contributed by atoms with Crippen LogP contribution in [0.3, 0.4) is 0 Å². The molecule has 0 aliphatic heterocycles. The Bertz CT molecular complexity index is 900. The van der Waals surface area contributed by atoms with Gasteiger partial charge in [-0.25, -0.2) is 4.98 Å². The number of benzene rings is 1. The number of aryl methyl sites for hydroxylation is 2. The summed E-state index contributed by atoms with van der Waals surface area (Å²) < 4.78 is 0. The number of carbonyl (C=O) groups is 2. The Hall–Kier alpha value is -2.47. The molecule has 2 N–H and O–H groups in total. The van der Waals surface area contributed by atoms with Crippen LogP contribution in [0.1, 0.15) is 16.9 Å². The number of allylic oxidation sites excluding steroid dienone is 2. The van der Waals surface area contributed by atoms with Crippen LogP contribution in [-0.4, -0.2) is 22.0 Å². The second kappa shape index (κ2) is 6.36. The zero-order chi connectivity index (χ0) is 18.4. The molecule has 2 aliphatic carbocycles. The maximum atomic E-state index is 12.8. The molecule has 6 heteroatoms. The van der Waals surface area contributed by atoms with E-state index in [4.69, 9.17) is 0 Å². The summed E-state index contributed by atoms with van der Waals surface area (Å²) in [6.07, 6.45) is 4.68. The van der Waals surface area contributed by atoms with E-state index in [0.717, 1.165) is 22.6 Å². The van der Waals surface area contributed by atoms with Gasteiger partial charge < -0.3 is 10.4 Å². The van der Waals surface area contributed by atoms with Crippen LogP contribution in [0.25, 0.3) is 11.3 Å². The molecule has 2 aromatic rings. The quantitative estimate of drug-likeness (QED) is 0.803. The summed E-state index contributed by atoms with van der Waals surface area (Å²) in [5.74, 6) is -2.30. The van der Waals surface area contributed by atoms with Crippen LogP contribution in [0.5, 0.6) is 0 Å². The fourth-order valence-corrected chi connectivity index (χ4v) is 4.97. The van der Waals surface area contributed by atoms with E-state index in [1.165, 1.54) is 16.9 Å². The number of aliphatic carboxylic acids is 1. The Morgan fingerprint density at radius 1 is 1.12 bits per heavy atom. The first kappa shape index (κ1) is 17.0. The molecule has 1 saturated carbocycles. The molecule has 0 spiro atoms. The first-order valence-electron chi connectivity index (χ1n) is 8.70. The van der Waals surface area contributed by atoms with Crippen LogP contribution in [0.2, 0.25) is 0 Å². The average Bonchev–Trinajstić information content (AvgIpc) is 3.29. The third kappa shape index (κ3) is 2.84. The van der Waals surface area contributed by atoms with Gasteiger partial charge in [0.25, 0.3) is 0 Å². The van der Waals surface area contributed by atoms with Crippen molar-refractivity contribution in [3.8, 4) is 11.3 Å². The average molecular weight is 368 g/mol. The molecule has 0 unspecified atom stereocenters. The molecule has 1 heterocycles. The number of rotatable bonds is 4. The fourth-order valence-electron chi connectivity index (χ4n) is 4.13. The van der Waals surface area contributed by atoms with Crippen molar-refractivity contribution in [1.82, 2.24) is 4.98 Å². The molecule has 26 heavy (non-hydrogen) atoms. The van der Waals surface area contributed by atoms with Gasteiger partial charge in [-0.2, -0.15) is 0 Å². The van der Waals surface area contributed by atoms with E-state index in [1.807, 2.05) is 50.3 Å². The second-order valence-corrected chi connectivity index (χ2v) is 8.32. The van der Waals surface area contributed by atoms with Gasteiger partial charge in [0, 0.05) is 10.4 Å². The molecule has 2 aliphatic rings. The van der Waals surface area contributed by atoms with Gasteiger partial charge >= 0.3 is 5.97 Å². The third-order valence-corrected chi connectivity index (χ3v) is 6.29. The lowest BCUT2D eigenvalue weighted by molar-refractivity contribution is -0.146. The van der Waals surface area contributed by atoms with Crippen molar-refractivity contribution >= 4 is 28.3 Å². The zero-order valence-electron chi connectivity index (χ0n) is 14.6. The first-order chi connectivity index (χ1) is 12.4. The molecule has 134 valence electrons. The predicted octanol–water partition coefficient (Wildman–Crippen LogP) is 3.89. The number of carboxylic acids is 1. The molecule has 4 rings (SSSR count). The van der Waals surface area contributed by atoms with Crippen molar-refractivity contribution < 1.29 is 14.7 Å². The van der Waals surface area contributed by atoms with Crippen molar-refractivity contribution in [2.45, 2.75) is 20.3 Å². The molecule has 1 aromatic carbocycles. The van der Waals surface area contributed by atoms with Crippen molar-refractivity contribution in [2.75, 3.05) is 5.32 Å². The standard InChI is InChI=1S/C20H20N2O3S/c1-10-3-5-12(6-4-10)17-11(2)26-20(21-17)22-18(23)15-13-7-8-14(9-13)16(15)19(24)25/h3-8,13-16H,9H2,1-2H3,(H,24,25)(H,21,22,23)/t13-,14-,15+,16+/m0/s1. The highest BCUT2D eigenvalue weighted by Crippen LogP contribution is 2.48. The second-order valence-electron chi connectivity index (χ2n) is 7.12. The highest BCUT2D eigenvalue weighted by atomic mass is 32.1. The molecule has 2 bridgehead atoms. The molecule has 0 saturated heterocycles. The van der Waals surface area contributed by atoms with Crippen molar-refractivity contribution in [3.05, 3.63) is 46.9 Å². The number of carboxylic acid groups (broad SMARTS) is 1. The van der Waals surface area contributed by atoms with Crippen LogP contribution in [0.4, 0.5) is 5.13 Å². The largest absolute Gasteiger partial charge is 0.481 e. The Labute approximate surface area is 155 Å². The Morgan fingerprint density at radius 3 is 2.42 bits per heavy atom. The van der Waals surface area contributed by atoms with Crippen molar-refractivity contribution in [1.29, 1.82) is 0 Å². The summed E-state index contributed by atoms with van der Waals surface area (Å²) in [4.78, 5) is 30.0. The maximum absolute atomic E-state index is 12.8. The maximum Gasteiger partial charge on any atom is 0.307 e. The van der Waals surface area contributed by atoms with E-state index >= 15 is 0 Å². The van der Waals surface area contributed by atoms with Crippen molar-refractivity contribution in [3.63, 3.8) is 0 Å². The summed E-state index contributed by atoms with van der Waals surface area (Å²) >= 11 is 1.42. The molecule has 0 radical (unpaired) electrons. The first-order valence-corrected chi connectivity index (χ1v) is 9.52. The number of anilines is 1. The third-order valence-electron chi connectivity index (χ3n) is 5.40. The molecule has 4 atom stereocenters. The normalized spacial score (nSPS) is 26.2. The molecule has 1 fully saturated rings. The minimum atomic E-state index is -0.891. The van der Waals surface area contributed by atoms with Crippen molar-refractivity contribution in [2.24, 2.45) is 23.7 Å². The van der Waals surface area contributed by atoms with E-state index in [2.05, 4.69) is 10.3 Å². The lowest BCUT2D eigenvalue weighted by Crippen LogP contribution is -2.36. The molecule has 1 amide bonds. The summed E-state index contributed by atoms with van der Waals surface area (Å²) in [5, 5.41) is 12.9. The lowest BCUT2D eigenvalue weighted by Gasteiger charge is -2.23. The molecular formula is C20H20N2O3S. The summed E-state index contributed by atoms with van der Waals surface area (Å²) in [6, 6.07) is 8.10. The summed E-state index contributed by atoms with van der Waals surface area (Å²) in [5.41, 5.74) is 3.04. The number of aromatic nitrogens is 1. The minimum absolute atomic E-state index is 0.0127. The predicted molar refractivity (Wildman–Crippen MR) is 101 cm³/mol. The highest BCUT2D eigenvalue weighted by Gasteiger charge is 2.51. The highest BCUT2D eigenvalue weighted by molar-refractivity contribution is 7.16. The van der Waals surface area contributed by atoms with Gasteiger partial charge in [-0.1, -0.05) is 42.0 Å². The van der Waals surface area contributed by atoms with E-state index in [0.29, 0.717) is 5.13 Å². The summed E-state index contributed by atoms with van der Waals surface area (Å²) in [7, 11) is 0. The van der Waals surface area contributed by atoms with Gasteiger partial charge in [0.05, 0.1) is 17.5 Å². The van der Waals surface area contributed by atoms with Gasteiger partial charge in [-0.15, -0.1) is 11.3 Å². The molecular weight excluding hydrogens is 348 g/mol. The smallest absolute Gasteiger partial charge is 0.307 e. The number of amides is 1. The number of nitrogens with zero attached hydrogens (tertiary/aromatic N) is 1. The van der Waals surface area contributed by atoms with Crippen LogP contribution >= 0.6 is 11.3 Å². The molecule has 1 aromatic heterocycles. The van der Waals surface area contributed by atoms with E-state index in [9.17, 15) is 14.7 Å². The summed E-state index contributed by atoms with van der Waals surface area (Å²) in [6.45, 7) is 4.01. The van der Waals surface area contributed by atoms with E-state index in [-0.39, 0.29) is 17.7 Å². The molecule has 5 nitrogen and oxygen atoms in total. The van der Waals surface area contributed by atoms with Gasteiger partial charge in [0.1, 0.15) is 0 Å². The number of nitrogens with one attached hydrogen (secondary N) is 1. The Morgan fingerprint density at radius 2 is 1.77 bits per heavy atom. The van der Waals surface area contributed by atoms with Gasteiger partial charge in [0.15, 0.2) is 5.13 Å². The number of fused-ring (bicyclic) bond motifs is 2. The van der Waals surface area contributed by atoms with Gasteiger partial charge in [-0.3, -0.25) is 9.59 Å². The number of thiazole rings is 1. The number of hydrogen-bond donors (Lipinski definition) is 2. The number of carbonyl (C=O) groups excluding carboxylic acids is 1. The van der Waals surface area contributed by atoms with Crippen LogP contribution in [-0.2, 0) is 9.59 Å². The van der Waals surface area contributed by atoms with Gasteiger partial charge in [0.2, 0.25) is 5.91 Å². The van der Waals surface area contributed by atoms with E-state index in [1.54, 1.807) is 0 Å². The van der Waals surface area contributed by atoms with Crippen LogP contribution < -0.4 is 5.32 Å². The number of hydrogen-bond acceptors (Lipinski definition) is 4. The fraction of sp³-hybridized carbons (Fsp3) is 0.350. The minimum Gasteiger partial charge on any atom is -0.481 e. The zero-order valence-corrected chi connectivity index (χ0v) is 15.4. The van der Waals surface area contributed by atoms with Crippen LogP contribution in [0, 0.1) is 37.5 Å². The van der Waals surface area contributed by atoms with Gasteiger partial charge in [-0.05, 0) is 32.1 Å². The monoisotopic (exact) mass is 368 g/mol. The topological polar surface area (TPSA) is 79.3 Å². The SMILES string of the molecule is Cc1ccc(-c2nc(NC(=O)[C@H]3[C@H](C(=O)O)[C@H]4C=C[C@H]3C4)sc2C)cc1. The Balaban J connectivity index is 1.55. The Kier molecular flexibility index (Phi) is 4.15. The van der Waals surface area contributed by atoms with Crippen LogP contribution in [0.15, 0.2) is 36.4 Å². The van der Waals surface area contributed by atoms with E-state index < -0.39 is 17.8 Å². The lowest BCUT2D eigenvalue weighted by atomic mass is 9.82.